The first-order valence-electron chi connectivity index (χ1n) is 4.37. The number of thioether (sulfide) groups is 1. The standard InChI is InChI=1S/C10H12Cl2OS/c11-9-4-1-3-8(10(9)12)7-14-6-2-5-13/h1,3-4,13H,2,5-7H2. The SMILES string of the molecule is OCCCSCc1cccc(Cl)c1Cl. The van der Waals surface area contributed by atoms with Gasteiger partial charge in [-0.15, -0.1) is 0 Å². The molecule has 4 heteroatoms. The third-order valence-electron chi connectivity index (χ3n) is 1.74. The Bertz CT molecular complexity index is 291. The van der Waals surface area contributed by atoms with E-state index in [4.69, 9.17) is 28.3 Å². The largest absolute Gasteiger partial charge is 0.396 e. The highest BCUT2D eigenvalue weighted by Gasteiger charge is 2.03. The molecule has 0 aliphatic carbocycles. The second-order valence-corrected chi connectivity index (χ2v) is 4.73. The lowest BCUT2D eigenvalue weighted by Gasteiger charge is -2.04. The van der Waals surface area contributed by atoms with E-state index < -0.39 is 0 Å². The average molecular weight is 251 g/mol. The predicted molar refractivity (Wildman–Crippen MR) is 64.3 cm³/mol. The molecule has 1 nitrogen and oxygen atoms in total. The minimum absolute atomic E-state index is 0.246. The number of aliphatic hydroxyl groups is 1. The van der Waals surface area contributed by atoms with Crippen molar-refractivity contribution in [3.05, 3.63) is 33.8 Å². The molecule has 1 N–H and O–H groups in total. The molecule has 0 aliphatic rings. The van der Waals surface area contributed by atoms with E-state index >= 15 is 0 Å². The van der Waals surface area contributed by atoms with E-state index in [-0.39, 0.29) is 6.61 Å². The Morgan fingerprint density at radius 2 is 2.07 bits per heavy atom. The lowest BCUT2D eigenvalue weighted by atomic mass is 10.2. The fourth-order valence-electron chi connectivity index (χ4n) is 1.01. The minimum atomic E-state index is 0.246. The normalized spacial score (nSPS) is 10.5. The number of aliphatic hydroxyl groups excluding tert-OH is 1. The second kappa shape index (κ2) is 6.57. The zero-order valence-corrected chi connectivity index (χ0v) is 10.0. The smallest absolute Gasteiger partial charge is 0.0632 e. The van der Waals surface area contributed by atoms with Gasteiger partial charge in [0.2, 0.25) is 0 Å². The van der Waals surface area contributed by atoms with Gasteiger partial charge in [-0.1, -0.05) is 35.3 Å². The van der Waals surface area contributed by atoms with Gasteiger partial charge < -0.3 is 5.11 Å². The molecule has 1 aromatic rings. The van der Waals surface area contributed by atoms with Crippen LogP contribution in [0.15, 0.2) is 18.2 Å². The van der Waals surface area contributed by atoms with E-state index in [0.717, 1.165) is 23.5 Å². The highest BCUT2D eigenvalue weighted by Crippen LogP contribution is 2.28. The summed E-state index contributed by atoms with van der Waals surface area (Å²) in [5, 5.41) is 9.85. The summed E-state index contributed by atoms with van der Waals surface area (Å²) < 4.78 is 0. The van der Waals surface area contributed by atoms with E-state index in [1.807, 2.05) is 12.1 Å². The molecule has 0 saturated carbocycles. The number of halogens is 2. The third kappa shape index (κ3) is 3.70. The first-order chi connectivity index (χ1) is 6.75. The van der Waals surface area contributed by atoms with Gasteiger partial charge in [-0.25, -0.2) is 0 Å². The summed E-state index contributed by atoms with van der Waals surface area (Å²) in [4.78, 5) is 0. The maximum Gasteiger partial charge on any atom is 0.0632 e. The highest BCUT2D eigenvalue weighted by molar-refractivity contribution is 7.98. The first kappa shape index (κ1) is 12.2. The first-order valence-corrected chi connectivity index (χ1v) is 6.28. The molecular weight excluding hydrogens is 239 g/mol. The summed E-state index contributed by atoms with van der Waals surface area (Å²) in [6, 6.07) is 5.65. The van der Waals surface area contributed by atoms with Crippen LogP contribution in [0.1, 0.15) is 12.0 Å². The molecule has 0 heterocycles. The van der Waals surface area contributed by atoms with Crippen LogP contribution < -0.4 is 0 Å². The Kier molecular flexibility index (Phi) is 5.71. The van der Waals surface area contributed by atoms with E-state index in [0.29, 0.717) is 10.0 Å². The van der Waals surface area contributed by atoms with Crippen molar-refractivity contribution in [2.75, 3.05) is 12.4 Å². The second-order valence-electron chi connectivity index (χ2n) is 2.84. The molecule has 0 unspecified atom stereocenters. The molecule has 14 heavy (non-hydrogen) atoms. The van der Waals surface area contributed by atoms with Gasteiger partial charge in [-0.3, -0.25) is 0 Å². The fraction of sp³-hybridized carbons (Fsp3) is 0.400. The van der Waals surface area contributed by atoms with Crippen LogP contribution in [0.2, 0.25) is 10.0 Å². The Morgan fingerprint density at radius 1 is 1.29 bits per heavy atom. The zero-order chi connectivity index (χ0) is 10.4. The minimum Gasteiger partial charge on any atom is -0.396 e. The van der Waals surface area contributed by atoms with Gasteiger partial charge in [0, 0.05) is 12.4 Å². The molecule has 0 atom stereocenters. The summed E-state index contributed by atoms with van der Waals surface area (Å²) >= 11 is 13.6. The van der Waals surface area contributed by atoms with Crippen molar-refractivity contribution in [2.45, 2.75) is 12.2 Å². The van der Waals surface area contributed by atoms with Crippen molar-refractivity contribution in [3.63, 3.8) is 0 Å². The topological polar surface area (TPSA) is 20.2 Å². The van der Waals surface area contributed by atoms with Crippen LogP contribution in [0.5, 0.6) is 0 Å². The highest BCUT2D eigenvalue weighted by atomic mass is 35.5. The molecule has 1 aromatic carbocycles. The summed E-state index contributed by atoms with van der Waals surface area (Å²) in [5.74, 6) is 1.79. The van der Waals surface area contributed by atoms with Gasteiger partial charge in [-0.2, -0.15) is 11.8 Å². The molecular formula is C10H12Cl2OS. The summed E-state index contributed by atoms with van der Waals surface area (Å²) in [6.45, 7) is 0.246. The van der Waals surface area contributed by atoms with Crippen LogP contribution >= 0.6 is 35.0 Å². The molecule has 0 amide bonds. The van der Waals surface area contributed by atoms with Crippen LogP contribution in [0.4, 0.5) is 0 Å². The zero-order valence-electron chi connectivity index (χ0n) is 7.67. The van der Waals surface area contributed by atoms with Crippen molar-refractivity contribution in [2.24, 2.45) is 0 Å². The summed E-state index contributed by atoms with van der Waals surface area (Å²) in [7, 11) is 0. The number of benzene rings is 1. The van der Waals surface area contributed by atoms with Gasteiger partial charge in [-0.05, 0) is 23.8 Å². The Labute approximate surface area is 98.4 Å². The van der Waals surface area contributed by atoms with Gasteiger partial charge in [0.25, 0.3) is 0 Å². The lowest BCUT2D eigenvalue weighted by Crippen LogP contribution is -1.88. The molecule has 78 valence electrons. The van der Waals surface area contributed by atoms with E-state index in [2.05, 4.69) is 0 Å². The average Bonchev–Trinajstić information content (AvgIpc) is 2.19. The van der Waals surface area contributed by atoms with E-state index in [9.17, 15) is 0 Å². The predicted octanol–water partition coefficient (Wildman–Crippen LogP) is 3.61. The number of hydrogen-bond donors (Lipinski definition) is 1. The Morgan fingerprint density at radius 3 is 2.79 bits per heavy atom. The van der Waals surface area contributed by atoms with Gasteiger partial charge in [0.1, 0.15) is 0 Å². The van der Waals surface area contributed by atoms with Gasteiger partial charge in [0.15, 0.2) is 0 Å². The summed E-state index contributed by atoms with van der Waals surface area (Å²) in [5.41, 5.74) is 1.06. The van der Waals surface area contributed by atoms with Crippen LogP contribution in [-0.4, -0.2) is 17.5 Å². The van der Waals surface area contributed by atoms with Gasteiger partial charge >= 0.3 is 0 Å². The molecule has 1 rings (SSSR count). The Hall–Kier alpha value is 0.110. The quantitative estimate of drug-likeness (QED) is 0.807. The van der Waals surface area contributed by atoms with E-state index in [1.54, 1.807) is 17.8 Å². The van der Waals surface area contributed by atoms with Gasteiger partial charge in [0.05, 0.1) is 10.0 Å². The summed E-state index contributed by atoms with van der Waals surface area (Å²) in [6.07, 6.45) is 0.822. The maximum absolute atomic E-state index is 8.60. The van der Waals surface area contributed by atoms with Crippen molar-refractivity contribution in [3.8, 4) is 0 Å². The molecule has 0 aromatic heterocycles. The monoisotopic (exact) mass is 250 g/mol. The van der Waals surface area contributed by atoms with Crippen molar-refractivity contribution in [1.29, 1.82) is 0 Å². The number of hydrogen-bond acceptors (Lipinski definition) is 2. The molecule has 0 radical (unpaired) electrons. The molecule has 0 fully saturated rings. The van der Waals surface area contributed by atoms with Crippen LogP contribution in [0, 0.1) is 0 Å². The lowest BCUT2D eigenvalue weighted by molar-refractivity contribution is 0.296. The van der Waals surface area contributed by atoms with Crippen molar-refractivity contribution >= 4 is 35.0 Å². The van der Waals surface area contributed by atoms with Crippen LogP contribution in [0.3, 0.4) is 0 Å². The molecule has 0 aliphatic heterocycles. The fourth-order valence-corrected chi connectivity index (χ4v) is 2.41. The third-order valence-corrected chi connectivity index (χ3v) is 3.69. The molecule has 0 bridgehead atoms. The molecule has 0 saturated heterocycles. The Balaban J connectivity index is 2.46. The van der Waals surface area contributed by atoms with Crippen molar-refractivity contribution < 1.29 is 5.11 Å². The van der Waals surface area contributed by atoms with Crippen LogP contribution in [0.25, 0.3) is 0 Å². The maximum atomic E-state index is 8.60. The van der Waals surface area contributed by atoms with Crippen LogP contribution in [-0.2, 0) is 5.75 Å². The van der Waals surface area contributed by atoms with Crippen molar-refractivity contribution in [1.82, 2.24) is 0 Å². The molecule has 0 spiro atoms. The number of rotatable bonds is 5. The van der Waals surface area contributed by atoms with E-state index in [1.165, 1.54) is 0 Å².